The number of rotatable bonds is 4. The Labute approximate surface area is 98.2 Å². The molecular formula is C9H12N4O2S. The Hall–Kier alpha value is -1.76. The van der Waals surface area contributed by atoms with Crippen LogP contribution in [0.1, 0.15) is 13.3 Å². The van der Waals surface area contributed by atoms with E-state index in [0.29, 0.717) is 10.9 Å². The lowest BCUT2D eigenvalue weighted by molar-refractivity contribution is -0.385. The first-order valence-electron chi connectivity index (χ1n) is 4.78. The summed E-state index contributed by atoms with van der Waals surface area (Å²) in [6.45, 7) is 2.80. The summed E-state index contributed by atoms with van der Waals surface area (Å²) in [4.78, 5) is 13.8. The number of hydrogen-bond acceptors (Lipinski definition) is 4. The fourth-order valence-electron chi connectivity index (χ4n) is 0.967. The molecule has 0 saturated heterocycles. The molecule has 0 saturated carbocycles. The number of hydrogen-bond donors (Lipinski definition) is 2. The molecule has 1 rings (SSSR count). The molecule has 16 heavy (non-hydrogen) atoms. The van der Waals surface area contributed by atoms with Gasteiger partial charge in [-0.1, -0.05) is 6.92 Å². The molecule has 6 nitrogen and oxygen atoms in total. The summed E-state index contributed by atoms with van der Waals surface area (Å²) in [7, 11) is 0. The van der Waals surface area contributed by atoms with Crippen LogP contribution in [0.5, 0.6) is 0 Å². The van der Waals surface area contributed by atoms with Crippen LogP contribution in [-0.4, -0.2) is 21.6 Å². The Balaban J connectivity index is 2.55. The molecule has 0 unspecified atom stereocenters. The number of aromatic nitrogens is 1. The monoisotopic (exact) mass is 240 g/mol. The van der Waals surface area contributed by atoms with Crippen LogP contribution in [0.15, 0.2) is 18.3 Å². The van der Waals surface area contributed by atoms with Crippen molar-refractivity contribution >= 4 is 28.8 Å². The van der Waals surface area contributed by atoms with Gasteiger partial charge in [-0.2, -0.15) is 0 Å². The molecule has 2 N–H and O–H groups in total. The zero-order valence-corrected chi connectivity index (χ0v) is 9.58. The molecule has 0 spiro atoms. The van der Waals surface area contributed by atoms with E-state index in [1.165, 1.54) is 18.3 Å². The lowest BCUT2D eigenvalue weighted by atomic mass is 10.4. The maximum atomic E-state index is 10.4. The molecule has 0 bridgehead atoms. The number of nitrogens with zero attached hydrogens (tertiary/aromatic N) is 2. The largest absolute Gasteiger partial charge is 0.362 e. The van der Waals surface area contributed by atoms with Gasteiger partial charge >= 0.3 is 0 Å². The summed E-state index contributed by atoms with van der Waals surface area (Å²) in [6.07, 6.45) is 2.15. The number of thiocarbonyl (C=S) groups is 1. The van der Waals surface area contributed by atoms with Crippen LogP contribution in [-0.2, 0) is 0 Å². The van der Waals surface area contributed by atoms with Gasteiger partial charge < -0.3 is 10.6 Å². The molecule has 0 aliphatic carbocycles. The van der Waals surface area contributed by atoms with Crippen molar-refractivity contribution in [2.45, 2.75) is 13.3 Å². The van der Waals surface area contributed by atoms with Gasteiger partial charge in [0, 0.05) is 12.6 Å². The van der Waals surface area contributed by atoms with Crippen LogP contribution < -0.4 is 10.6 Å². The highest BCUT2D eigenvalue weighted by atomic mass is 32.1. The number of nitrogens with one attached hydrogen (secondary N) is 2. The average Bonchev–Trinajstić information content (AvgIpc) is 2.27. The van der Waals surface area contributed by atoms with Crippen LogP contribution >= 0.6 is 12.2 Å². The van der Waals surface area contributed by atoms with Gasteiger partial charge in [0.05, 0.1) is 4.92 Å². The Morgan fingerprint density at radius 2 is 2.38 bits per heavy atom. The molecule has 1 heterocycles. The van der Waals surface area contributed by atoms with Crippen LogP contribution in [0, 0.1) is 10.1 Å². The second-order valence-electron chi connectivity index (χ2n) is 3.04. The van der Waals surface area contributed by atoms with Gasteiger partial charge in [-0.05, 0) is 24.7 Å². The smallest absolute Gasteiger partial charge is 0.287 e. The Morgan fingerprint density at radius 3 is 2.88 bits per heavy atom. The van der Waals surface area contributed by atoms with Crippen molar-refractivity contribution in [2.24, 2.45) is 0 Å². The third-order valence-electron chi connectivity index (χ3n) is 1.74. The van der Waals surface area contributed by atoms with E-state index in [-0.39, 0.29) is 5.69 Å². The topological polar surface area (TPSA) is 80.1 Å². The number of nitro groups is 1. The van der Waals surface area contributed by atoms with Crippen molar-refractivity contribution in [3.8, 4) is 0 Å². The molecular weight excluding hydrogens is 228 g/mol. The highest BCUT2D eigenvalue weighted by Crippen LogP contribution is 2.11. The maximum Gasteiger partial charge on any atom is 0.287 e. The Kier molecular flexibility index (Phi) is 4.59. The predicted octanol–water partition coefficient (Wildman–Crippen LogP) is 1.69. The van der Waals surface area contributed by atoms with Crippen molar-refractivity contribution in [2.75, 3.05) is 11.9 Å². The van der Waals surface area contributed by atoms with Gasteiger partial charge in [0.15, 0.2) is 5.11 Å². The zero-order valence-electron chi connectivity index (χ0n) is 8.77. The minimum absolute atomic E-state index is 0.0435. The van der Waals surface area contributed by atoms with Gasteiger partial charge in [0.2, 0.25) is 0 Å². The molecule has 7 heteroatoms. The summed E-state index contributed by atoms with van der Waals surface area (Å²) >= 11 is 4.99. The van der Waals surface area contributed by atoms with Crippen LogP contribution in [0.25, 0.3) is 0 Å². The zero-order chi connectivity index (χ0) is 12.0. The van der Waals surface area contributed by atoms with Crippen molar-refractivity contribution in [1.82, 2.24) is 10.3 Å². The van der Waals surface area contributed by atoms with E-state index in [4.69, 9.17) is 12.2 Å². The number of pyridine rings is 1. The average molecular weight is 240 g/mol. The maximum absolute atomic E-state index is 10.4. The molecule has 0 radical (unpaired) electrons. The second-order valence-corrected chi connectivity index (χ2v) is 3.45. The Morgan fingerprint density at radius 1 is 1.62 bits per heavy atom. The summed E-state index contributed by atoms with van der Waals surface area (Å²) in [5, 5.41) is 16.6. The fourth-order valence-corrected chi connectivity index (χ4v) is 1.17. The molecule has 0 aliphatic rings. The quantitative estimate of drug-likeness (QED) is 0.473. The molecule has 0 fully saturated rings. The van der Waals surface area contributed by atoms with Gasteiger partial charge in [0.25, 0.3) is 5.69 Å². The highest BCUT2D eigenvalue weighted by molar-refractivity contribution is 7.80. The van der Waals surface area contributed by atoms with Crippen molar-refractivity contribution in [1.29, 1.82) is 0 Å². The van der Waals surface area contributed by atoms with E-state index in [2.05, 4.69) is 15.6 Å². The summed E-state index contributed by atoms with van der Waals surface area (Å²) in [6, 6.07) is 2.88. The minimum atomic E-state index is -0.496. The van der Waals surface area contributed by atoms with E-state index in [1.807, 2.05) is 6.92 Å². The van der Waals surface area contributed by atoms with E-state index in [9.17, 15) is 10.1 Å². The van der Waals surface area contributed by atoms with Gasteiger partial charge in [-0.15, -0.1) is 0 Å². The third kappa shape index (κ3) is 3.77. The van der Waals surface area contributed by atoms with Crippen LogP contribution in [0.2, 0.25) is 0 Å². The van der Waals surface area contributed by atoms with Gasteiger partial charge in [-0.3, -0.25) is 10.1 Å². The van der Waals surface area contributed by atoms with Crippen molar-refractivity contribution in [3.63, 3.8) is 0 Å². The van der Waals surface area contributed by atoms with Crippen LogP contribution in [0.4, 0.5) is 11.5 Å². The molecule has 0 aromatic carbocycles. The summed E-state index contributed by atoms with van der Waals surface area (Å²) in [5.41, 5.74) is -0.0435. The number of anilines is 1. The first kappa shape index (κ1) is 12.3. The summed E-state index contributed by atoms with van der Waals surface area (Å²) in [5.74, 6) is 0.485. The Bertz CT molecular complexity index is 380. The second kappa shape index (κ2) is 5.96. The highest BCUT2D eigenvalue weighted by Gasteiger charge is 2.05. The van der Waals surface area contributed by atoms with Crippen LogP contribution in [0.3, 0.4) is 0 Å². The molecule has 86 valence electrons. The first-order chi connectivity index (χ1) is 7.63. The van der Waals surface area contributed by atoms with E-state index >= 15 is 0 Å². The van der Waals surface area contributed by atoms with Crippen molar-refractivity contribution in [3.05, 3.63) is 28.4 Å². The van der Waals surface area contributed by atoms with Gasteiger partial charge in [-0.25, -0.2) is 4.98 Å². The van der Waals surface area contributed by atoms with E-state index < -0.39 is 4.92 Å². The summed E-state index contributed by atoms with van der Waals surface area (Å²) < 4.78 is 0. The standard InChI is InChI=1S/C9H12N4O2S/c1-2-5-10-9(16)12-8-4-3-7(6-11-8)13(14)15/h3-4,6H,2,5H2,1H3,(H2,10,11,12,16). The SMILES string of the molecule is CCCNC(=S)Nc1ccc([N+](=O)[O-])cn1. The molecule has 1 aromatic rings. The third-order valence-corrected chi connectivity index (χ3v) is 1.98. The lowest BCUT2D eigenvalue weighted by Crippen LogP contribution is -2.29. The molecule has 1 aromatic heterocycles. The normalized spacial score (nSPS) is 9.56. The van der Waals surface area contributed by atoms with E-state index in [1.54, 1.807) is 0 Å². The van der Waals surface area contributed by atoms with Crippen molar-refractivity contribution < 1.29 is 4.92 Å². The lowest BCUT2D eigenvalue weighted by Gasteiger charge is -2.07. The fraction of sp³-hybridized carbons (Fsp3) is 0.333. The predicted molar refractivity (Wildman–Crippen MR) is 65.4 cm³/mol. The van der Waals surface area contributed by atoms with Gasteiger partial charge in [0.1, 0.15) is 12.0 Å². The molecule has 0 amide bonds. The van der Waals surface area contributed by atoms with E-state index in [0.717, 1.165) is 13.0 Å². The first-order valence-corrected chi connectivity index (χ1v) is 5.19. The minimum Gasteiger partial charge on any atom is -0.362 e. The molecule has 0 aliphatic heterocycles. The molecule has 0 atom stereocenters.